The lowest BCUT2D eigenvalue weighted by atomic mass is 9.67. The molecule has 6 rings (SSSR count). The van der Waals surface area contributed by atoms with Crippen molar-refractivity contribution in [1.82, 2.24) is 19.6 Å². The number of carbonyl (C=O) groups is 3. The van der Waals surface area contributed by atoms with E-state index in [-0.39, 0.29) is 79.6 Å². The molecule has 3 aliphatic heterocycles. The van der Waals surface area contributed by atoms with Gasteiger partial charge >= 0.3 is 12.2 Å². The van der Waals surface area contributed by atoms with E-state index in [1.165, 1.54) is 21.9 Å². The fourth-order valence-electron chi connectivity index (χ4n) is 8.28. The highest BCUT2D eigenvalue weighted by Gasteiger charge is 2.65. The molecule has 1 spiro atoms. The van der Waals surface area contributed by atoms with Gasteiger partial charge in [0.05, 0.1) is 11.4 Å². The van der Waals surface area contributed by atoms with E-state index in [2.05, 4.69) is 4.90 Å². The maximum absolute atomic E-state index is 14.1. The number of amides is 4. The van der Waals surface area contributed by atoms with Crippen LogP contribution in [0.25, 0.3) is 0 Å². The van der Waals surface area contributed by atoms with Gasteiger partial charge in [0, 0.05) is 50.9 Å². The zero-order valence-electron chi connectivity index (χ0n) is 28.0. The molecule has 3 saturated heterocycles. The summed E-state index contributed by atoms with van der Waals surface area (Å²) < 4.78 is 66.1. The summed E-state index contributed by atoms with van der Waals surface area (Å²) in [6, 6.07) is 15.2. The van der Waals surface area contributed by atoms with Crippen LogP contribution in [0.1, 0.15) is 63.0 Å². The highest BCUT2D eigenvalue weighted by Crippen LogP contribution is 2.55. The number of nitrogens with zero attached hydrogens (tertiary/aromatic N) is 4. The molecule has 4 aliphatic rings. The highest BCUT2D eigenvalue weighted by molar-refractivity contribution is 7.90. The smallest absolute Gasteiger partial charge is 0.341 e. The molecule has 0 unspecified atom stereocenters. The summed E-state index contributed by atoms with van der Waals surface area (Å²) in [7, 11) is -3.39. The Labute approximate surface area is 292 Å². The number of hydrogen-bond acceptors (Lipinski definition) is 6. The van der Waals surface area contributed by atoms with Crippen LogP contribution in [0.5, 0.6) is 0 Å². The van der Waals surface area contributed by atoms with Crippen LogP contribution in [0, 0.1) is 11.3 Å². The Morgan fingerprint density at radius 1 is 0.939 bits per heavy atom. The molecule has 0 bridgehead atoms. The molecule has 3 heterocycles. The molecule has 4 amide bonds. The minimum absolute atomic E-state index is 0. The molecule has 2 aromatic carbocycles. The Balaban J connectivity index is 0.00000468. The Morgan fingerprint density at radius 2 is 1.55 bits per heavy atom. The van der Waals surface area contributed by atoms with Gasteiger partial charge in [0.25, 0.3) is 5.91 Å². The van der Waals surface area contributed by atoms with E-state index < -0.39 is 32.9 Å². The average Bonchev–Trinajstić information content (AvgIpc) is 3.50. The second-order valence-corrected chi connectivity index (χ2v) is 16.3. The van der Waals surface area contributed by atoms with Crippen molar-refractivity contribution in [2.45, 2.75) is 81.1 Å². The molecule has 0 aromatic heterocycles. The molecule has 2 aromatic rings. The van der Waals surface area contributed by atoms with Gasteiger partial charge in [-0.25, -0.2) is 13.2 Å². The summed E-state index contributed by atoms with van der Waals surface area (Å²) >= 11 is 0. The first-order chi connectivity index (χ1) is 22.6. The molecule has 14 heteroatoms. The van der Waals surface area contributed by atoms with Crippen LogP contribution in [0.2, 0.25) is 0 Å². The average molecular weight is 725 g/mol. The molecule has 268 valence electrons. The van der Waals surface area contributed by atoms with Crippen LogP contribution in [0.3, 0.4) is 0 Å². The molecule has 1 aliphatic carbocycles. The number of benzene rings is 2. The number of alkyl halides is 3. The highest BCUT2D eigenvalue weighted by atomic mass is 35.5. The van der Waals surface area contributed by atoms with Crippen molar-refractivity contribution >= 4 is 40.1 Å². The van der Waals surface area contributed by atoms with E-state index in [4.69, 9.17) is 0 Å². The molecule has 0 N–H and O–H groups in total. The first-order valence-electron chi connectivity index (χ1n) is 16.6. The Hall–Kier alpha value is -3.16. The molecule has 1 saturated carbocycles. The standard InChI is InChI=1S/C35H43F3N4O5S.ClH/c1-24(2)42-32(45)41(20-25-10-12-28(13-11-25)48(3,46)47)31(44)34(42)16-18-39(19-17-34)21-27-22-40(23-29(27)26-8-5-4-6-9-26)30(43)33(14-7-15-33)35(36,37)38;/h4-6,8-13,24,27,29H,7,14-23H2,1-3H3;1H/t27-,29+;/m0./s1. The minimum atomic E-state index is -4.58. The summed E-state index contributed by atoms with van der Waals surface area (Å²) in [4.78, 5) is 48.0. The number of carbonyl (C=O) groups excluding carboxylic acids is 3. The SMILES string of the molecule is CC(C)N1C(=O)N(Cc2ccc(S(C)(=O)=O)cc2)C(=O)C12CCN(C[C@H]1CN(C(=O)C3(C(F)(F)F)CCC3)C[C@@H]1c1ccccc1)CC2.Cl. The van der Waals surface area contributed by atoms with Gasteiger partial charge in [-0.2, -0.15) is 13.2 Å². The topological polar surface area (TPSA) is 98.3 Å². The lowest BCUT2D eigenvalue weighted by molar-refractivity contribution is -0.248. The molecular weight excluding hydrogens is 681 g/mol. The number of rotatable bonds is 8. The van der Waals surface area contributed by atoms with Gasteiger partial charge in [-0.1, -0.05) is 48.9 Å². The third-order valence-corrected chi connectivity index (χ3v) is 12.2. The zero-order chi connectivity index (χ0) is 34.6. The predicted octanol–water partition coefficient (Wildman–Crippen LogP) is 5.49. The van der Waals surface area contributed by atoms with E-state index in [0.29, 0.717) is 44.5 Å². The van der Waals surface area contributed by atoms with Crippen molar-refractivity contribution in [2.24, 2.45) is 11.3 Å². The van der Waals surface area contributed by atoms with Crippen LogP contribution < -0.4 is 0 Å². The third-order valence-electron chi connectivity index (χ3n) is 11.0. The minimum Gasteiger partial charge on any atom is -0.341 e. The maximum Gasteiger partial charge on any atom is 0.403 e. The first-order valence-corrected chi connectivity index (χ1v) is 18.5. The summed E-state index contributed by atoms with van der Waals surface area (Å²) in [5.41, 5.74) is -1.67. The second kappa shape index (κ2) is 13.5. The molecule has 4 fully saturated rings. The van der Waals surface area contributed by atoms with Crippen molar-refractivity contribution in [3.63, 3.8) is 0 Å². The quantitative estimate of drug-likeness (QED) is 0.334. The van der Waals surface area contributed by atoms with Crippen molar-refractivity contribution in [2.75, 3.05) is 39.0 Å². The molecule has 0 radical (unpaired) electrons. The molecule has 49 heavy (non-hydrogen) atoms. The normalized spacial score (nSPS) is 24.0. The number of sulfone groups is 1. The van der Waals surface area contributed by atoms with E-state index in [9.17, 15) is 36.0 Å². The van der Waals surface area contributed by atoms with Crippen molar-refractivity contribution in [3.05, 3.63) is 65.7 Å². The van der Waals surface area contributed by atoms with E-state index in [1.807, 2.05) is 44.2 Å². The molecule has 9 nitrogen and oxygen atoms in total. The number of urea groups is 1. The largest absolute Gasteiger partial charge is 0.403 e. The lowest BCUT2D eigenvalue weighted by Gasteiger charge is -2.44. The van der Waals surface area contributed by atoms with Gasteiger partial charge in [0.2, 0.25) is 5.91 Å². The van der Waals surface area contributed by atoms with Gasteiger partial charge in [-0.3, -0.25) is 14.5 Å². The fourth-order valence-corrected chi connectivity index (χ4v) is 8.91. The Bertz CT molecular complexity index is 1660. The number of halogens is 4. The van der Waals surface area contributed by atoms with E-state index >= 15 is 0 Å². The Morgan fingerprint density at radius 3 is 2.06 bits per heavy atom. The van der Waals surface area contributed by atoms with Crippen LogP contribution >= 0.6 is 12.4 Å². The fraction of sp³-hybridized carbons (Fsp3) is 0.571. The zero-order valence-corrected chi connectivity index (χ0v) is 29.6. The number of hydrogen-bond donors (Lipinski definition) is 0. The van der Waals surface area contributed by atoms with Crippen molar-refractivity contribution in [3.8, 4) is 0 Å². The first kappa shape index (κ1) is 37.1. The predicted molar refractivity (Wildman–Crippen MR) is 180 cm³/mol. The number of likely N-dealkylation sites (tertiary alicyclic amines) is 2. The van der Waals surface area contributed by atoms with Gasteiger partial charge < -0.3 is 14.7 Å². The van der Waals surface area contributed by atoms with E-state index in [1.54, 1.807) is 17.0 Å². The lowest BCUT2D eigenvalue weighted by Crippen LogP contribution is -2.58. The van der Waals surface area contributed by atoms with Crippen LogP contribution in [-0.4, -0.2) is 103 Å². The molecule has 2 atom stereocenters. The summed E-state index contributed by atoms with van der Waals surface area (Å²) in [5, 5.41) is 0. The van der Waals surface area contributed by atoms with Crippen LogP contribution in [0.4, 0.5) is 18.0 Å². The monoisotopic (exact) mass is 724 g/mol. The van der Waals surface area contributed by atoms with Crippen molar-refractivity contribution < 1.29 is 36.0 Å². The van der Waals surface area contributed by atoms with Crippen molar-refractivity contribution in [1.29, 1.82) is 0 Å². The van der Waals surface area contributed by atoms with Crippen LogP contribution in [-0.2, 0) is 26.0 Å². The Kier molecular flexibility index (Phi) is 10.2. The van der Waals surface area contributed by atoms with Gasteiger partial charge in [0.15, 0.2) is 9.84 Å². The van der Waals surface area contributed by atoms with Gasteiger partial charge in [-0.15, -0.1) is 12.4 Å². The second-order valence-electron chi connectivity index (χ2n) is 14.3. The molecular formula is C35H44ClF3N4O5S. The summed E-state index contributed by atoms with van der Waals surface area (Å²) in [6.45, 7) is 5.84. The van der Waals surface area contributed by atoms with E-state index in [0.717, 1.165) is 11.8 Å². The van der Waals surface area contributed by atoms with Gasteiger partial charge in [0.1, 0.15) is 11.0 Å². The summed E-state index contributed by atoms with van der Waals surface area (Å²) in [6.07, 6.45) is -2.59. The summed E-state index contributed by atoms with van der Waals surface area (Å²) in [5.74, 6) is -1.30. The number of imide groups is 1. The maximum atomic E-state index is 14.1. The number of piperidine rings is 1. The van der Waals surface area contributed by atoms with Crippen LogP contribution in [0.15, 0.2) is 59.5 Å². The van der Waals surface area contributed by atoms with Gasteiger partial charge in [-0.05, 0) is 68.7 Å². The third kappa shape index (κ3) is 6.58.